The van der Waals surface area contributed by atoms with Crippen molar-refractivity contribution < 1.29 is 22.4 Å². The molecule has 3 aromatic rings. The van der Waals surface area contributed by atoms with E-state index >= 15 is 0 Å². The molecule has 3 aromatic carbocycles. The molecule has 0 heterocycles. The summed E-state index contributed by atoms with van der Waals surface area (Å²) in [6, 6.07) is 20.2. The Kier molecular flexibility index (Phi) is 10.2. The molecule has 9 heteroatoms. The fourth-order valence-corrected chi connectivity index (χ4v) is 5.45. The van der Waals surface area contributed by atoms with Gasteiger partial charge in [-0.15, -0.1) is 0 Å². The van der Waals surface area contributed by atoms with Crippen LogP contribution in [-0.2, 0) is 26.0 Å². The van der Waals surface area contributed by atoms with E-state index in [4.69, 9.17) is 0 Å². The number of halogens is 1. The monoisotopic (exact) mass is 553 g/mol. The van der Waals surface area contributed by atoms with Gasteiger partial charge in [0.1, 0.15) is 18.4 Å². The van der Waals surface area contributed by atoms with Gasteiger partial charge in [-0.2, -0.15) is 0 Å². The lowest BCUT2D eigenvalue weighted by Gasteiger charge is -2.32. The first-order chi connectivity index (χ1) is 18.5. The van der Waals surface area contributed by atoms with Gasteiger partial charge in [-0.1, -0.05) is 74.0 Å². The minimum atomic E-state index is -4.31. The van der Waals surface area contributed by atoms with Gasteiger partial charge in [-0.25, -0.2) is 12.8 Å². The highest BCUT2D eigenvalue weighted by atomic mass is 32.2. The molecule has 208 valence electrons. The summed E-state index contributed by atoms with van der Waals surface area (Å²) >= 11 is 0. The minimum Gasteiger partial charge on any atom is -0.354 e. The quantitative estimate of drug-likeness (QED) is 0.356. The first-order valence-corrected chi connectivity index (χ1v) is 14.4. The van der Waals surface area contributed by atoms with Crippen molar-refractivity contribution in [2.45, 2.75) is 45.1 Å². The van der Waals surface area contributed by atoms with Crippen LogP contribution in [0, 0.1) is 18.7 Å². The molecule has 0 fully saturated rings. The zero-order chi connectivity index (χ0) is 28.6. The summed E-state index contributed by atoms with van der Waals surface area (Å²) in [6.07, 6.45) is 0.457. The van der Waals surface area contributed by atoms with E-state index in [0.29, 0.717) is 13.0 Å². The van der Waals surface area contributed by atoms with Gasteiger partial charge in [0, 0.05) is 13.1 Å². The summed E-state index contributed by atoms with van der Waals surface area (Å²) in [5.74, 6) is -1.52. The average Bonchev–Trinajstić information content (AvgIpc) is 2.91. The van der Waals surface area contributed by atoms with Crippen LogP contribution in [0.2, 0.25) is 0 Å². The van der Waals surface area contributed by atoms with Crippen molar-refractivity contribution in [3.05, 3.63) is 95.8 Å². The second-order valence-electron chi connectivity index (χ2n) is 9.91. The molecular weight excluding hydrogens is 517 g/mol. The van der Waals surface area contributed by atoms with Gasteiger partial charge < -0.3 is 10.2 Å². The lowest BCUT2D eigenvalue weighted by Crippen LogP contribution is -2.52. The van der Waals surface area contributed by atoms with E-state index in [9.17, 15) is 22.4 Å². The summed E-state index contributed by atoms with van der Waals surface area (Å²) in [5.41, 5.74) is 1.57. The van der Waals surface area contributed by atoms with Crippen molar-refractivity contribution in [3.63, 3.8) is 0 Å². The molecule has 0 aliphatic rings. The van der Waals surface area contributed by atoms with E-state index in [1.165, 1.54) is 35.2 Å². The van der Waals surface area contributed by atoms with Gasteiger partial charge >= 0.3 is 0 Å². The Bertz CT molecular complexity index is 1360. The van der Waals surface area contributed by atoms with Crippen LogP contribution in [0.25, 0.3) is 0 Å². The zero-order valence-corrected chi connectivity index (χ0v) is 23.6. The van der Waals surface area contributed by atoms with Crippen LogP contribution in [0.15, 0.2) is 83.8 Å². The molecule has 0 saturated carbocycles. The largest absolute Gasteiger partial charge is 0.354 e. The molecule has 0 spiro atoms. The van der Waals surface area contributed by atoms with Crippen molar-refractivity contribution >= 4 is 27.5 Å². The molecule has 0 aliphatic carbocycles. The number of hydrogen-bond acceptors (Lipinski definition) is 4. The summed E-state index contributed by atoms with van der Waals surface area (Å²) in [5, 5.41) is 2.85. The van der Waals surface area contributed by atoms with Crippen molar-refractivity contribution in [2.75, 3.05) is 23.9 Å². The Morgan fingerprint density at radius 1 is 0.897 bits per heavy atom. The van der Waals surface area contributed by atoms with Gasteiger partial charge in [0.05, 0.1) is 10.6 Å². The number of carbonyl (C=O) groups excluding carboxylic acids is 2. The number of nitrogens with one attached hydrogen (secondary N) is 1. The molecule has 0 aromatic heterocycles. The number of aryl methyl sites for hydroxylation is 1. The lowest BCUT2D eigenvalue weighted by molar-refractivity contribution is -0.138. The Morgan fingerprint density at radius 2 is 1.51 bits per heavy atom. The number of carbonyl (C=O) groups is 2. The second-order valence-corrected chi connectivity index (χ2v) is 11.8. The van der Waals surface area contributed by atoms with Crippen LogP contribution in [0.1, 0.15) is 31.9 Å². The normalized spacial score (nSPS) is 12.2. The smallest absolute Gasteiger partial charge is 0.264 e. The van der Waals surface area contributed by atoms with Gasteiger partial charge in [0.25, 0.3) is 10.0 Å². The fourth-order valence-electron chi connectivity index (χ4n) is 4.03. The number of amides is 2. The van der Waals surface area contributed by atoms with E-state index in [1.54, 1.807) is 19.1 Å². The first-order valence-electron chi connectivity index (χ1n) is 13.0. The maximum atomic E-state index is 14.9. The zero-order valence-electron chi connectivity index (χ0n) is 22.8. The van der Waals surface area contributed by atoms with Crippen LogP contribution in [0.4, 0.5) is 10.1 Å². The Morgan fingerprint density at radius 3 is 2.13 bits per heavy atom. The van der Waals surface area contributed by atoms with Crippen molar-refractivity contribution in [2.24, 2.45) is 5.92 Å². The molecule has 1 unspecified atom stereocenters. The van der Waals surface area contributed by atoms with Crippen LogP contribution in [-0.4, -0.2) is 50.8 Å². The first kappa shape index (κ1) is 29.8. The summed E-state index contributed by atoms with van der Waals surface area (Å²) in [4.78, 5) is 28.1. The highest BCUT2D eigenvalue weighted by Crippen LogP contribution is 2.27. The molecule has 0 bridgehead atoms. The van der Waals surface area contributed by atoms with Crippen molar-refractivity contribution in [3.8, 4) is 0 Å². The number of hydrogen-bond donors (Lipinski definition) is 1. The molecule has 39 heavy (non-hydrogen) atoms. The molecule has 1 atom stereocenters. The summed E-state index contributed by atoms with van der Waals surface area (Å²) < 4.78 is 43.2. The average molecular weight is 554 g/mol. The standard InChI is InChI=1S/C30H36FN3O4S/c1-22(2)20-32-30(36)24(4)33(19-18-25-10-6-5-7-11-25)29(35)21-34(28-13-9-8-12-27(28)31)39(37,38)26-16-14-23(3)15-17-26/h5-17,22,24H,18-21H2,1-4H3,(H,32,36). The van der Waals surface area contributed by atoms with Crippen molar-refractivity contribution in [1.29, 1.82) is 0 Å². The molecule has 0 aliphatic heterocycles. The van der Waals surface area contributed by atoms with Gasteiger partial charge in [0.2, 0.25) is 11.8 Å². The molecule has 3 rings (SSSR count). The van der Waals surface area contributed by atoms with Gasteiger partial charge in [-0.3, -0.25) is 13.9 Å². The van der Waals surface area contributed by atoms with E-state index in [1.807, 2.05) is 51.1 Å². The number of rotatable bonds is 12. The minimum absolute atomic E-state index is 0.0669. The SMILES string of the molecule is Cc1ccc(S(=O)(=O)N(CC(=O)N(CCc2ccccc2)C(C)C(=O)NCC(C)C)c2ccccc2F)cc1. The van der Waals surface area contributed by atoms with Crippen LogP contribution >= 0.6 is 0 Å². The third-order valence-corrected chi connectivity index (χ3v) is 8.12. The number of anilines is 1. The maximum Gasteiger partial charge on any atom is 0.264 e. The fraction of sp³-hybridized carbons (Fsp3) is 0.333. The third-order valence-electron chi connectivity index (χ3n) is 6.35. The highest BCUT2D eigenvalue weighted by molar-refractivity contribution is 7.92. The summed E-state index contributed by atoms with van der Waals surface area (Å²) in [7, 11) is -4.31. The second kappa shape index (κ2) is 13.4. The number of nitrogens with zero attached hydrogens (tertiary/aromatic N) is 2. The van der Waals surface area contributed by atoms with Crippen molar-refractivity contribution in [1.82, 2.24) is 10.2 Å². The topological polar surface area (TPSA) is 86.8 Å². The predicted octanol–water partition coefficient (Wildman–Crippen LogP) is 4.56. The number of sulfonamides is 1. The predicted molar refractivity (Wildman–Crippen MR) is 151 cm³/mol. The molecule has 7 nitrogen and oxygen atoms in total. The van der Waals surface area contributed by atoms with Gasteiger partial charge in [0.15, 0.2) is 0 Å². The molecule has 0 saturated heterocycles. The Hall–Kier alpha value is -3.72. The van der Waals surface area contributed by atoms with Crippen LogP contribution in [0.5, 0.6) is 0 Å². The van der Waals surface area contributed by atoms with E-state index in [-0.39, 0.29) is 29.0 Å². The van der Waals surface area contributed by atoms with E-state index < -0.39 is 34.3 Å². The van der Waals surface area contributed by atoms with E-state index in [2.05, 4.69) is 5.32 Å². The van der Waals surface area contributed by atoms with Crippen LogP contribution < -0.4 is 9.62 Å². The van der Waals surface area contributed by atoms with E-state index in [0.717, 1.165) is 21.5 Å². The lowest BCUT2D eigenvalue weighted by atomic mass is 10.1. The highest BCUT2D eigenvalue weighted by Gasteiger charge is 2.33. The summed E-state index contributed by atoms with van der Waals surface area (Å²) in [6.45, 7) is 7.30. The van der Waals surface area contributed by atoms with Gasteiger partial charge in [-0.05, 0) is 56.0 Å². The maximum absolute atomic E-state index is 14.9. The number of para-hydroxylation sites is 1. The van der Waals surface area contributed by atoms with Crippen LogP contribution in [0.3, 0.4) is 0 Å². The molecule has 0 radical (unpaired) electrons. The number of benzene rings is 3. The molecular formula is C30H36FN3O4S. The molecule has 1 N–H and O–H groups in total. The molecule has 2 amide bonds. The Balaban J connectivity index is 1.97. The third kappa shape index (κ3) is 7.89. The Labute approximate surface area is 230 Å².